The number of hydrogen-bond donors (Lipinski definition) is 2. The van der Waals surface area contributed by atoms with Crippen LogP contribution in [0, 0.1) is 12.8 Å². The highest BCUT2D eigenvalue weighted by Crippen LogP contribution is 2.24. The molecule has 2 heterocycles. The Balaban J connectivity index is 2.08. The molecule has 116 valence electrons. The number of hydrogen-bond acceptors (Lipinski definition) is 4. The number of hydrazine groups is 1. The Kier molecular flexibility index (Phi) is 5.01. The molecule has 2 rings (SSSR count). The second kappa shape index (κ2) is 6.76. The van der Waals surface area contributed by atoms with E-state index in [1.807, 2.05) is 10.3 Å². The Morgan fingerprint density at radius 1 is 1.52 bits per heavy atom. The molecule has 1 unspecified atom stereocenters. The maximum absolute atomic E-state index is 12.2. The third-order valence-electron chi connectivity index (χ3n) is 4.24. The fourth-order valence-electron chi connectivity index (χ4n) is 2.73. The van der Waals surface area contributed by atoms with Crippen molar-refractivity contribution in [2.75, 3.05) is 6.54 Å². The summed E-state index contributed by atoms with van der Waals surface area (Å²) in [7, 11) is 0. The molecule has 1 aromatic rings. The average molecular weight is 293 g/mol. The smallest absolute Gasteiger partial charge is 0.300 e. The number of furan rings is 1. The van der Waals surface area contributed by atoms with Gasteiger partial charge in [0.05, 0.1) is 0 Å². The van der Waals surface area contributed by atoms with Gasteiger partial charge in [-0.05, 0) is 31.7 Å². The molecule has 6 nitrogen and oxygen atoms in total. The van der Waals surface area contributed by atoms with E-state index < -0.39 is 5.91 Å². The lowest BCUT2D eigenvalue weighted by molar-refractivity contribution is -0.131. The van der Waals surface area contributed by atoms with E-state index in [1.54, 1.807) is 13.0 Å². The number of nitrogens with one attached hydrogen (secondary N) is 1. The van der Waals surface area contributed by atoms with Crippen LogP contribution in [-0.4, -0.2) is 23.3 Å². The second-order valence-corrected chi connectivity index (χ2v) is 5.58. The van der Waals surface area contributed by atoms with Crippen LogP contribution in [-0.2, 0) is 11.3 Å². The van der Waals surface area contributed by atoms with Gasteiger partial charge in [0.25, 0.3) is 0 Å². The first-order valence-corrected chi connectivity index (χ1v) is 7.43. The molecule has 0 saturated carbocycles. The van der Waals surface area contributed by atoms with E-state index in [1.165, 1.54) is 0 Å². The summed E-state index contributed by atoms with van der Waals surface area (Å²) in [5, 5.41) is 0. The van der Waals surface area contributed by atoms with Crippen LogP contribution in [0.15, 0.2) is 10.5 Å². The zero-order valence-electron chi connectivity index (χ0n) is 12.6. The summed E-state index contributed by atoms with van der Waals surface area (Å²) in [6.45, 7) is 5.21. The Labute approximate surface area is 124 Å². The molecule has 1 atom stereocenters. The molecule has 1 aliphatic heterocycles. The van der Waals surface area contributed by atoms with Crippen molar-refractivity contribution >= 4 is 11.8 Å². The van der Waals surface area contributed by atoms with Gasteiger partial charge in [-0.3, -0.25) is 15.0 Å². The van der Waals surface area contributed by atoms with Gasteiger partial charge >= 0.3 is 5.91 Å². The summed E-state index contributed by atoms with van der Waals surface area (Å²) in [5.41, 5.74) is 2.90. The van der Waals surface area contributed by atoms with Crippen LogP contribution in [0.4, 0.5) is 0 Å². The van der Waals surface area contributed by atoms with Crippen LogP contribution in [0.5, 0.6) is 0 Å². The minimum Gasteiger partial charge on any atom is -0.456 e. The number of carbonyl (C=O) groups excluding carboxylic acids is 2. The Morgan fingerprint density at radius 3 is 2.95 bits per heavy atom. The number of amides is 2. The molecule has 21 heavy (non-hydrogen) atoms. The fourth-order valence-corrected chi connectivity index (χ4v) is 2.73. The van der Waals surface area contributed by atoms with E-state index in [4.69, 9.17) is 10.3 Å². The first-order valence-electron chi connectivity index (χ1n) is 7.43. The zero-order chi connectivity index (χ0) is 15.4. The van der Waals surface area contributed by atoms with Crippen LogP contribution in [0.1, 0.15) is 54.5 Å². The van der Waals surface area contributed by atoms with Crippen molar-refractivity contribution in [1.82, 2.24) is 10.3 Å². The highest BCUT2D eigenvalue weighted by molar-refractivity contribution is 5.91. The molecule has 0 aliphatic carbocycles. The Bertz CT molecular complexity index is 524. The molecule has 0 bridgehead atoms. The van der Waals surface area contributed by atoms with Crippen molar-refractivity contribution in [3.63, 3.8) is 0 Å². The van der Waals surface area contributed by atoms with Crippen LogP contribution in [0.2, 0.25) is 0 Å². The van der Waals surface area contributed by atoms with Gasteiger partial charge in [0, 0.05) is 25.1 Å². The lowest BCUT2D eigenvalue weighted by atomic mass is 9.98. The molecular weight excluding hydrogens is 270 g/mol. The molecular formula is C15H23N3O3. The van der Waals surface area contributed by atoms with Crippen LogP contribution < -0.4 is 11.3 Å². The van der Waals surface area contributed by atoms with E-state index in [9.17, 15) is 9.59 Å². The van der Waals surface area contributed by atoms with E-state index >= 15 is 0 Å². The minimum absolute atomic E-state index is 0.177. The van der Waals surface area contributed by atoms with Gasteiger partial charge in [-0.15, -0.1) is 0 Å². The molecule has 1 saturated heterocycles. The van der Waals surface area contributed by atoms with Gasteiger partial charge < -0.3 is 9.32 Å². The van der Waals surface area contributed by atoms with Crippen molar-refractivity contribution in [2.24, 2.45) is 11.8 Å². The van der Waals surface area contributed by atoms with Crippen LogP contribution >= 0.6 is 0 Å². The lowest BCUT2D eigenvalue weighted by Crippen LogP contribution is -2.30. The molecule has 0 radical (unpaired) electrons. The largest absolute Gasteiger partial charge is 0.456 e. The molecule has 1 aromatic heterocycles. The van der Waals surface area contributed by atoms with E-state index in [2.05, 4.69) is 6.92 Å². The van der Waals surface area contributed by atoms with Gasteiger partial charge in [-0.2, -0.15) is 0 Å². The first kappa shape index (κ1) is 15.6. The number of carbonyl (C=O) groups is 2. The molecule has 0 aromatic carbocycles. The minimum atomic E-state index is -0.461. The summed E-state index contributed by atoms with van der Waals surface area (Å²) < 4.78 is 5.39. The first-order chi connectivity index (χ1) is 10.0. The quantitative estimate of drug-likeness (QED) is 0.502. The SMILES string of the molecule is CCC1CCC(=O)N(Cc2cc(C(=O)NN)oc2C)CC1. The second-order valence-electron chi connectivity index (χ2n) is 5.58. The van der Waals surface area contributed by atoms with Gasteiger partial charge in [-0.1, -0.05) is 13.3 Å². The predicted octanol–water partition coefficient (Wildman–Crippen LogP) is 1.73. The van der Waals surface area contributed by atoms with Crippen molar-refractivity contribution < 1.29 is 14.0 Å². The van der Waals surface area contributed by atoms with E-state index in [0.29, 0.717) is 24.6 Å². The Hall–Kier alpha value is -1.82. The van der Waals surface area contributed by atoms with Crippen molar-refractivity contribution in [2.45, 2.75) is 46.1 Å². The molecule has 1 aliphatic rings. The summed E-state index contributed by atoms with van der Waals surface area (Å²) in [5.74, 6) is 6.27. The van der Waals surface area contributed by atoms with Gasteiger partial charge in [0.2, 0.25) is 5.91 Å². The summed E-state index contributed by atoms with van der Waals surface area (Å²) in [6, 6.07) is 1.66. The van der Waals surface area contributed by atoms with Gasteiger partial charge in [0.1, 0.15) is 5.76 Å². The monoisotopic (exact) mass is 293 g/mol. The number of nitrogen functional groups attached to an aromatic ring is 1. The van der Waals surface area contributed by atoms with Gasteiger partial charge in [0.15, 0.2) is 5.76 Å². The maximum Gasteiger partial charge on any atom is 0.300 e. The molecule has 6 heteroatoms. The van der Waals surface area contributed by atoms with Crippen molar-refractivity contribution in [3.8, 4) is 0 Å². The zero-order valence-corrected chi connectivity index (χ0v) is 12.6. The topological polar surface area (TPSA) is 88.6 Å². The standard InChI is InChI=1S/C15H23N3O3/c1-3-11-4-5-14(19)18(7-6-11)9-12-8-13(15(20)17-16)21-10(12)2/h8,11H,3-7,9,16H2,1-2H3,(H,17,20). The van der Waals surface area contributed by atoms with Gasteiger partial charge in [-0.25, -0.2) is 5.84 Å². The Morgan fingerprint density at radius 2 is 2.29 bits per heavy atom. The molecule has 1 fully saturated rings. The average Bonchev–Trinajstić information content (AvgIpc) is 2.75. The lowest BCUT2D eigenvalue weighted by Gasteiger charge is -2.20. The van der Waals surface area contributed by atoms with E-state index in [-0.39, 0.29) is 11.7 Å². The number of nitrogens with zero attached hydrogens (tertiary/aromatic N) is 1. The molecule has 2 amide bonds. The van der Waals surface area contributed by atoms with Crippen molar-refractivity contribution in [1.29, 1.82) is 0 Å². The number of rotatable bonds is 4. The summed E-state index contributed by atoms with van der Waals surface area (Å²) >= 11 is 0. The number of likely N-dealkylation sites (tertiary alicyclic amines) is 1. The molecule has 3 N–H and O–H groups in total. The van der Waals surface area contributed by atoms with Crippen LogP contribution in [0.3, 0.4) is 0 Å². The third-order valence-corrected chi connectivity index (χ3v) is 4.24. The highest BCUT2D eigenvalue weighted by atomic mass is 16.4. The fraction of sp³-hybridized carbons (Fsp3) is 0.600. The summed E-state index contributed by atoms with van der Waals surface area (Å²) in [6.07, 6.45) is 3.73. The maximum atomic E-state index is 12.2. The summed E-state index contributed by atoms with van der Waals surface area (Å²) in [4.78, 5) is 25.5. The highest BCUT2D eigenvalue weighted by Gasteiger charge is 2.23. The normalized spacial score (nSPS) is 19.5. The number of nitrogens with two attached hydrogens (primary N) is 1. The van der Waals surface area contributed by atoms with Crippen molar-refractivity contribution in [3.05, 3.63) is 23.2 Å². The molecule has 0 spiro atoms. The predicted molar refractivity (Wildman–Crippen MR) is 78.1 cm³/mol. The third kappa shape index (κ3) is 3.64. The number of aryl methyl sites for hydroxylation is 1. The van der Waals surface area contributed by atoms with Crippen LogP contribution in [0.25, 0.3) is 0 Å². The van der Waals surface area contributed by atoms with E-state index in [0.717, 1.165) is 31.4 Å².